The van der Waals surface area contributed by atoms with Gasteiger partial charge in [0.2, 0.25) is 6.79 Å². The van der Waals surface area contributed by atoms with Gasteiger partial charge in [0.1, 0.15) is 17.1 Å². The van der Waals surface area contributed by atoms with Crippen molar-refractivity contribution in [2.24, 2.45) is 0 Å². The summed E-state index contributed by atoms with van der Waals surface area (Å²) < 4.78 is 58.3. The Morgan fingerprint density at radius 1 is 1.21 bits per heavy atom. The minimum atomic E-state index is -4.55. The van der Waals surface area contributed by atoms with Gasteiger partial charge in [-0.25, -0.2) is 4.68 Å². The zero-order valence-electron chi connectivity index (χ0n) is 17.3. The monoisotopic (exact) mass is 460 g/mol. The second-order valence-electron chi connectivity index (χ2n) is 7.64. The first-order valence-corrected chi connectivity index (χ1v) is 10.1. The topological polar surface area (TPSA) is 86.6 Å². The Morgan fingerprint density at radius 3 is 2.82 bits per heavy atom. The number of benzene rings is 2. The highest BCUT2D eigenvalue weighted by molar-refractivity contribution is 6.07. The van der Waals surface area contributed by atoms with Gasteiger partial charge >= 0.3 is 6.18 Å². The van der Waals surface area contributed by atoms with Crippen molar-refractivity contribution in [2.45, 2.75) is 24.7 Å². The fourth-order valence-electron chi connectivity index (χ4n) is 3.98. The van der Waals surface area contributed by atoms with Gasteiger partial charge in [0, 0.05) is 18.2 Å². The normalized spacial score (nSPS) is 18.9. The van der Waals surface area contributed by atoms with Gasteiger partial charge in [0.05, 0.1) is 19.3 Å². The van der Waals surface area contributed by atoms with Crippen LogP contribution < -0.4 is 24.8 Å². The first-order valence-electron chi connectivity index (χ1n) is 10.1. The quantitative estimate of drug-likeness (QED) is 0.595. The number of hydrogen-bond donors (Lipinski definition) is 2. The number of nitrogens with zero attached hydrogens (tertiary/aromatic N) is 2. The average Bonchev–Trinajstić information content (AvgIpc) is 3.44. The van der Waals surface area contributed by atoms with Crippen molar-refractivity contribution in [1.82, 2.24) is 9.78 Å². The van der Waals surface area contributed by atoms with Crippen molar-refractivity contribution in [3.8, 4) is 17.2 Å². The molecule has 2 aliphatic heterocycles. The molecule has 0 spiro atoms. The number of hydrogen-bond acceptors (Lipinski definition) is 6. The summed E-state index contributed by atoms with van der Waals surface area (Å²) in [5.74, 6) is 0.937. The van der Waals surface area contributed by atoms with Crippen molar-refractivity contribution >= 4 is 17.4 Å². The van der Waals surface area contributed by atoms with Crippen LogP contribution in [0.5, 0.6) is 17.2 Å². The lowest BCUT2D eigenvalue weighted by atomic mass is 9.96. The van der Waals surface area contributed by atoms with Gasteiger partial charge in [-0.3, -0.25) is 4.79 Å². The Kier molecular flexibility index (Phi) is 5.03. The number of alkyl halides is 3. The second kappa shape index (κ2) is 7.91. The Hall–Kier alpha value is -3.89. The van der Waals surface area contributed by atoms with Crippen molar-refractivity contribution in [2.75, 3.05) is 24.5 Å². The predicted octanol–water partition coefficient (Wildman–Crippen LogP) is 4.53. The molecule has 0 saturated heterocycles. The number of nitrogens with one attached hydrogen (secondary N) is 2. The first-order chi connectivity index (χ1) is 15.8. The molecule has 5 rings (SSSR count). The summed E-state index contributed by atoms with van der Waals surface area (Å²) in [6.45, 7) is 0.0814. The summed E-state index contributed by atoms with van der Waals surface area (Å²) in [5.41, 5.74) is 1.02. The molecule has 2 aromatic carbocycles. The summed E-state index contributed by atoms with van der Waals surface area (Å²) in [7, 11) is 1.49. The summed E-state index contributed by atoms with van der Waals surface area (Å²) in [4.78, 5) is 13.0. The van der Waals surface area contributed by atoms with E-state index in [9.17, 15) is 18.0 Å². The summed E-state index contributed by atoms with van der Waals surface area (Å²) >= 11 is 0. The number of fused-ring (bicyclic) bond motifs is 2. The highest BCUT2D eigenvalue weighted by Crippen LogP contribution is 2.45. The van der Waals surface area contributed by atoms with Crippen molar-refractivity contribution < 1.29 is 32.2 Å². The molecular weight excluding hydrogens is 441 g/mol. The number of methoxy groups -OCH3 is 1. The minimum Gasteiger partial charge on any atom is -0.497 e. The predicted molar refractivity (Wildman–Crippen MR) is 112 cm³/mol. The maximum Gasteiger partial charge on any atom is 0.410 e. The number of ether oxygens (including phenoxy) is 3. The van der Waals surface area contributed by atoms with Crippen LogP contribution in [0.4, 0.5) is 24.7 Å². The smallest absolute Gasteiger partial charge is 0.410 e. The van der Waals surface area contributed by atoms with Crippen LogP contribution in [-0.4, -0.2) is 35.8 Å². The largest absolute Gasteiger partial charge is 0.497 e. The SMILES string of the molecule is COc1cccc([C@H]2C[C@H](C(F)(F)F)n3ncc(C(=O)Nc4ccc5c(c4)OCO5)c3N2)c1. The maximum absolute atomic E-state index is 13.9. The minimum absolute atomic E-state index is 0.00496. The van der Waals surface area contributed by atoms with E-state index in [0.717, 1.165) is 10.9 Å². The van der Waals surface area contributed by atoms with E-state index in [2.05, 4.69) is 15.7 Å². The maximum atomic E-state index is 13.9. The van der Waals surface area contributed by atoms with Gasteiger partial charge in [-0.2, -0.15) is 18.3 Å². The van der Waals surface area contributed by atoms with Gasteiger partial charge in [-0.1, -0.05) is 12.1 Å². The van der Waals surface area contributed by atoms with Gasteiger partial charge in [-0.15, -0.1) is 0 Å². The van der Waals surface area contributed by atoms with Crippen LogP contribution in [0.1, 0.15) is 34.4 Å². The third-order valence-corrected chi connectivity index (χ3v) is 5.61. The van der Waals surface area contributed by atoms with Gasteiger partial charge < -0.3 is 24.8 Å². The Bertz CT molecular complexity index is 1210. The lowest BCUT2D eigenvalue weighted by molar-refractivity contribution is -0.173. The number of carbonyl (C=O) groups excluding carboxylic acids is 1. The molecule has 172 valence electrons. The average molecular weight is 460 g/mol. The standard InChI is InChI=1S/C22H19F3N4O4/c1-31-14-4-2-3-12(7-14)16-9-19(22(23,24)25)29-20(28-16)15(10-26-29)21(30)27-13-5-6-17-18(8-13)33-11-32-17/h2-8,10,16,19,28H,9,11H2,1H3,(H,27,30)/t16-,19-/m1/s1. The van der Waals surface area contributed by atoms with E-state index in [1.165, 1.54) is 7.11 Å². The molecule has 0 fully saturated rings. The molecule has 3 heterocycles. The van der Waals surface area contributed by atoms with Crippen LogP contribution in [0, 0.1) is 0 Å². The molecule has 2 N–H and O–H groups in total. The first kappa shape index (κ1) is 21.0. The van der Waals surface area contributed by atoms with E-state index in [0.29, 0.717) is 28.5 Å². The van der Waals surface area contributed by atoms with Crippen molar-refractivity contribution in [3.63, 3.8) is 0 Å². The number of carbonyl (C=O) groups is 1. The molecular formula is C22H19F3N4O4. The fourth-order valence-corrected chi connectivity index (χ4v) is 3.98. The van der Waals surface area contributed by atoms with E-state index < -0.39 is 24.2 Å². The third kappa shape index (κ3) is 3.90. The molecule has 2 aliphatic rings. The Balaban J connectivity index is 1.47. The van der Waals surface area contributed by atoms with Crippen LogP contribution >= 0.6 is 0 Å². The van der Waals surface area contributed by atoms with E-state index in [4.69, 9.17) is 14.2 Å². The number of amides is 1. The molecule has 33 heavy (non-hydrogen) atoms. The van der Waals surface area contributed by atoms with E-state index >= 15 is 0 Å². The summed E-state index contributed by atoms with van der Waals surface area (Å²) in [6.07, 6.45) is -3.70. The van der Waals surface area contributed by atoms with E-state index in [-0.39, 0.29) is 24.6 Å². The van der Waals surface area contributed by atoms with Crippen LogP contribution in [-0.2, 0) is 0 Å². The number of rotatable bonds is 4. The lowest BCUT2D eigenvalue weighted by Gasteiger charge is -2.34. The van der Waals surface area contributed by atoms with Gasteiger partial charge in [0.15, 0.2) is 17.5 Å². The number of aromatic nitrogens is 2. The van der Waals surface area contributed by atoms with Crippen molar-refractivity contribution in [3.05, 3.63) is 59.8 Å². The zero-order valence-corrected chi connectivity index (χ0v) is 17.3. The number of anilines is 2. The highest BCUT2D eigenvalue weighted by Gasteiger charge is 2.47. The van der Waals surface area contributed by atoms with E-state index in [1.807, 2.05) is 0 Å². The molecule has 0 saturated carbocycles. The fraction of sp³-hybridized carbons (Fsp3) is 0.273. The summed E-state index contributed by atoms with van der Waals surface area (Å²) in [6, 6.07) is 9.05. The Morgan fingerprint density at radius 2 is 2.03 bits per heavy atom. The van der Waals surface area contributed by atoms with Gasteiger partial charge in [-0.05, 0) is 29.8 Å². The third-order valence-electron chi connectivity index (χ3n) is 5.61. The molecule has 1 amide bonds. The molecule has 0 unspecified atom stereocenters. The van der Waals surface area contributed by atoms with Gasteiger partial charge in [0.25, 0.3) is 5.91 Å². The highest BCUT2D eigenvalue weighted by atomic mass is 19.4. The lowest BCUT2D eigenvalue weighted by Crippen LogP contribution is -2.36. The molecule has 1 aromatic heterocycles. The molecule has 0 radical (unpaired) electrons. The molecule has 0 bridgehead atoms. The van der Waals surface area contributed by atoms with E-state index in [1.54, 1.807) is 42.5 Å². The van der Waals surface area contributed by atoms with Crippen LogP contribution in [0.15, 0.2) is 48.7 Å². The van der Waals surface area contributed by atoms with Crippen LogP contribution in [0.2, 0.25) is 0 Å². The summed E-state index contributed by atoms with van der Waals surface area (Å²) in [5, 5.41) is 9.64. The second-order valence-corrected chi connectivity index (χ2v) is 7.64. The van der Waals surface area contributed by atoms with Crippen LogP contribution in [0.25, 0.3) is 0 Å². The Labute approximate surface area is 186 Å². The molecule has 3 aromatic rings. The van der Waals surface area contributed by atoms with Crippen molar-refractivity contribution in [1.29, 1.82) is 0 Å². The molecule has 8 nitrogen and oxygen atoms in total. The van der Waals surface area contributed by atoms with Crippen LogP contribution in [0.3, 0.4) is 0 Å². The molecule has 0 aliphatic carbocycles. The molecule has 2 atom stereocenters. The number of halogens is 3. The molecule has 11 heteroatoms. The zero-order chi connectivity index (χ0) is 23.2.